The van der Waals surface area contributed by atoms with Crippen molar-refractivity contribution in [2.24, 2.45) is 5.10 Å². The van der Waals surface area contributed by atoms with E-state index in [0.717, 1.165) is 46.9 Å². The van der Waals surface area contributed by atoms with Gasteiger partial charge in [-0.15, -0.1) is 5.53 Å². The number of nitrogens with one attached hydrogen (secondary N) is 2. The maximum atomic E-state index is 16.0. The van der Waals surface area contributed by atoms with Crippen molar-refractivity contribution in [3.63, 3.8) is 0 Å². The number of alkyl halides is 2. The van der Waals surface area contributed by atoms with Crippen molar-refractivity contribution in [3.8, 4) is 17.6 Å². The molecule has 2 aromatic heterocycles. The Morgan fingerprint density at radius 1 is 0.894 bits per heavy atom. The predicted molar refractivity (Wildman–Crippen MR) is 164 cm³/mol. The molecule has 0 radical (unpaired) electrons. The summed E-state index contributed by atoms with van der Waals surface area (Å²) in [6, 6.07) is 21.4. The lowest BCUT2D eigenvalue weighted by atomic mass is 9.84. The van der Waals surface area contributed by atoms with E-state index in [0.29, 0.717) is 36.1 Å². The fourth-order valence-corrected chi connectivity index (χ4v) is 4.86. The van der Waals surface area contributed by atoms with Gasteiger partial charge in [-0.3, -0.25) is 14.7 Å². The third kappa shape index (κ3) is 7.09. The van der Waals surface area contributed by atoms with Gasteiger partial charge < -0.3 is 9.84 Å². The molecule has 3 N–H and O–H groups in total. The van der Waals surface area contributed by atoms with Gasteiger partial charge in [0.25, 0.3) is 0 Å². The van der Waals surface area contributed by atoms with E-state index in [-0.39, 0.29) is 0 Å². The number of hydrogen-bond donors (Lipinski definition) is 3. The Labute approximate surface area is 267 Å². The molecule has 0 bridgehead atoms. The van der Waals surface area contributed by atoms with E-state index in [4.69, 9.17) is 4.74 Å². The van der Waals surface area contributed by atoms with Crippen LogP contribution >= 0.6 is 0 Å². The van der Waals surface area contributed by atoms with Crippen molar-refractivity contribution in [2.45, 2.75) is 24.7 Å². The average molecular weight is 642 g/mol. The zero-order valence-electron chi connectivity index (χ0n) is 24.6. The van der Waals surface area contributed by atoms with Gasteiger partial charge in [0, 0.05) is 41.3 Å². The second-order valence-electron chi connectivity index (χ2n) is 10.7. The quantitative estimate of drug-likeness (QED) is 0.148. The molecular weight excluding hydrogens is 614 g/mol. The van der Waals surface area contributed by atoms with E-state index in [1.54, 1.807) is 30.5 Å². The Hall–Kier alpha value is -5.71. The van der Waals surface area contributed by atoms with Gasteiger partial charge >= 0.3 is 5.92 Å². The van der Waals surface area contributed by atoms with Gasteiger partial charge in [-0.25, -0.2) is 14.3 Å². The molecule has 5 aromatic rings. The van der Waals surface area contributed by atoms with Crippen LogP contribution in [0.5, 0.6) is 5.75 Å². The third-order valence-electron chi connectivity index (χ3n) is 7.37. The monoisotopic (exact) mass is 641 g/mol. The van der Waals surface area contributed by atoms with Crippen LogP contribution in [0.4, 0.5) is 17.6 Å². The zero-order chi connectivity index (χ0) is 32.9. The lowest BCUT2D eigenvalue weighted by molar-refractivity contribution is -0.206. The van der Waals surface area contributed by atoms with Crippen molar-refractivity contribution in [1.82, 2.24) is 30.8 Å². The number of nitrogens with zero attached hydrogens (tertiary/aromatic N) is 5. The number of hydrazine groups is 2. The van der Waals surface area contributed by atoms with Crippen LogP contribution in [0.15, 0.2) is 109 Å². The minimum Gasteiger partial charge on any atom is -0.489 e. The lowest BCUT2D eigenvalue weighted by Crippen LogP contribution is -2.54. The van der Waals surface area contributed by atoms with Crippen molar-refractivity contribution < 1.29 is 27.4 Å². The summed E-state index contributed by atoms with van der Waals surface area (Å²) in [6.45, 7) is 0.217. The fraction of sp³-hybridized carbons (Fsp3) is 0.147. The molecule has 47 heavy (non-hydrogen) atoms. The van der Waals surface area contributed by atoms with Crippen molar-refractivity contribution in [2.75, 3.05) is 6.54 Å². The van der Waals surface area contributed by atoms with E-state index in [2.05, 4.69) is 38.1 Å². The number of aliphatic hydroxyl groups is 1. The molecule has 0 aliphatic carbocycles. The summed E-state index contributed by atoms with van der Waals surface area (Å²) in [5.41, 5.74) is 3.04. The minimum absolute atomic E-state index is 0.329. The highest BCUT2D eigenvalue weighted by Gasteiger charge is 2.58. The van der Waals surface area contributed by atoms with E-state index >= 15 is 8.78 Å². The summed E-state index contributed by atoms with van der Waals surface area (Å²) < 4.78 is 68.0. The number of benzene rings is 3. The SMILES string of the molecule is OC(CN1C=NNN1)(c1ccc(F)cc1F)C(F)(F)c1ccc(C#Cc2ccc(OCc3ccc(Cn4cccn4)cc3)cc2)cn1. The van der Waals surface area contributed by atoms with Gasteiger partial charge in [0.15, 0.2) is 5.60 Å². The number of ether oxygens (including phenoxy) is 1. The highest BCUT2D eigenvalue weighted by atomic mass is 19.3. The third-order valence-corrected chi connectivity index (χ3v) is 7.37. The number of β-amino-alcohol motifs (C(OH)–C–C–N with tert-alkyl or cyclic N) is 1. The Morgan fingerprint density at radius 3 is 2.30 bits per heavy atom. The largest absolute Gasteiger partial charge is 0.489 e. The Morgan fingerprint density at radius 2 is 1.64 bits per heavy atom. The minimum atomic E-state index is -4.13. The molecule has 0 spiro atoms. The summed E-state index contributed by atoms with van der Waals surface area (Å²) in [7, 11) is 0. The first-order chi connectivity index (χ1) is 22.7. The molecule has 0 saturated heterocycles. The van der Waals surface area contributed by atoms with Crippen LogP contribution in [0.1, 0.15) is 33.5 Å². The van der Waals surface area contributed by atoms with Crippen molar-refractivity contribution in [3.05, 3.63) is 149 Å². The van der Waals surface area contributed by atoms with Crippen molar-refractivity contribution >= 4 is 6.34 Å². The molecule has 1 atom stereocenters. The first-order valence-corrected chi connectivity index (χ1v) is 14.3. The molecule has 9 nitrogen and oxygen atoms in total. The Bertz CT molecular complexity index is 1910. The molecule has 1 aliphatic rings. The van der Waals surface area contributed by atoms with Gasteiger partial charge in [0.1, 0.15) is 36.0 Å². The molecular formula is C34H27F4N7O2. The number of hydrogen-bond acceptors (Lipinski definition) is 8. The molecule has 3 heterocycles. The van der Waals surface area contributed by atoms with Crippen LogP contribution < -0.4 is 15.8 Å². The molecule has 1 aliphatic heterocycles. The highest BCUT2D eigenvalue weighted by molar-refractivity contribution is 5.55. The van der Waals surface area contributed by atoms with Gasteiger partial charge in [-0.2, -0.15) is 19.0 Å². The average Bonchev–Trinajstić information content (AvgIpc) is 3.79. The topological polar surface area (TPSA) is 99.8 Å². The maximum Gasteiger partial charge on any atom is 0.323 e. The van der Waals surface area contributed by atoms with Gasteiger partial charge in [-0.05, 0) is 65.7 Å². The number of halogens is 4. The van der Waals surface area contributed by atoms with E-state index in [9.17, 15) is 13.9 Å². The van der Waals surface area contributed by atoms with Gasteiger partial charge in [0.05, 0.1) is 13.1 Å². The molecule has 6 rings (SSSR count). The van der Waals surface area contributed by atoms with Crippen LogP contribution in [-0.4, -0.2) is 37.8 Å². The normalized spacial score (nSPS) is 13.9. The second-order valence-corrected chi connectivity index (χ2v) is 10.7. The van der Waals surface area contributed by atoms with Crippen LogP contribution in [0.2, 0.25) is 0 Å². The number of hydrazone groups is 1. The molecule has 0 amide bonds. The standard InChI is InChI=1S/C34H27F4N7O2/c35-28-11-14-30(31(36)18-28)33(46,22-45-23-40-42-43-45)34(37,38)32-15-10-25(19-39-32)3-2-24-8-12-29(13-9-24)47-21-27-6-4-26(5-7-27)20-44-17-1-16-41-44/h1,4-19,23,42-43,46H,20-22H2. The summed E-state index contributed by atoms with van der Waals surface area (Å²) in [5, 5.41) is 20.2. The summed E-state index contributed by atoms with van der Waals surface area (Å²) in [4.78, 5) is 3.85. The lowest BCUT2D eigenvalue weighted by Gasteiger charge is -2.38. The van der Waals surface area contributed by atoms with Crippen LogP contribution in [0.25, 0.3) is 0 Å². The predicted octanol–water partition coefficient (Wildman–Crippen LogP) is 4.83. The smallest absolute Gasteiger partial charge is 0.323 e. The number of aromatic nitrogens is 3. The van der Waals surface area contributed by atoms with Crippen LogP contribution in [-0.2, 0) is 24.7 Å². The molecule has 13 heteroatoms. The summed E-state index contributed by atoms with van der Waals surface area (Å²) in [5.74, 6) is 0.0208. The highest BCUT2D eigenvalue weighted by Crippen LogP contribution is 2.46. The first kappa shape index (κ1) is 31.3. The van der Waals surface area contributed by atoms with E-state index in [1.165, 1.54) is 6.07 Å². The first-order valence-electron chi connectivity index (χ1n) is 14.3. The van der Waals surface area contributed by atoms with E-state index < -0.39 is 41.0 Å². The second kappa shape index (κ2) is 13.3. The molecule has 238 valence electrons. The van der Waals surface area contributed by atoms with E-state index in [1.807, 2.05) is 41.2 Å². The Kier molecular flexibility index (Phi) is 8.88. The van der Waals surface area contributed by atoms with Crippen molar-refractivity contribution in [1.29, 1.82) is 0 Å². The molecule has 3 aromatic carbocycles. The summed E-state index contributed by atoms with van der Waals surface area (Å²) >= 11 is 0. The maximum absolute atomic E-state index is 16.0. The fourth-order valence-electron chi connectivity index (χ4n) is 4.86. The number of pyridine rings is 1. The Balaban J connectivity index is 1.11. The molecule has 0 fully saturated rings. The molecule has 0 saturated carbocycles. The number of rotatable bonds is 10. The van der Waals surface area contributed by atoms with Gasteiger partial charge in [0.2, 0.25) is 0 Å². The molecule has 1 unspecified atom stereocenters. The summed E-state index contributed by atoms with van der Waals surface area (Å²) in [6.07, 6.45) is 5.88. The van der Waals surface area contributed by atoms with Gasteiger partial charge in [-0.1, -0.05) is 36.1 Å². The van der Waals surface area contributed by atoms with Crippen LogP contribution in [0.3, 0.4) is 0 Å². The van der Waals surface area contributed by atoms with Crippen LogP contribution in [0, 0.1) is 23.5 Å². The zero-order valence-corrected chi connectivity index (χ0v) is 24.6.